The van der Waals surface area contributed by atoms with E-state index in [1.54, 1.807) is 0 Å². The second kappa shape index (κ2) is 8.32. The molecular weight excluding hydrogens is 432 g/mol. The fraction of sp³-hybridized carbons (Fsp3) is 0.207. The molecule has 0 amide bonds. The summed E-state index contributed by atoms with van der Waals surface area (Å²) in [7, 11) is 0. The van der Waals surface area contributed by atoms with Crippen LogP contribution in [0.25, 0.3) is 38.7 Å². The minimum absolute atomic E-state index is 0.420. The molecule has 1 aliphatic heterocycles. The smallest absolute Gasteiger partial charge is 0.117 e. The Hall–Kier alpha value is -4.03. The number of piperidine rings is 1. The van der Waals surface area contributed by atoms with Gasteiger partial charge in [-0.15, -0.1) is 0 Å². The minimum Gasteiger partial charge on any atom is -0.353 e. The summed E-state index contributed by atoms with van der Waals surface area (Å²) in [5, 5.41) is 2.39. The van der Waals surface area contributed by atoms with Crippen molar-refractivity contribution in [2.24, 2.45) is 0 Å². The summed E-state index contributed by atoms with van der Waals surface area (Å²) in [4.78, 5) is 20.5. The second-order valence-corrected chi connectivity index (χ2v) is 9.47. The normalized spacial score (nSPS) is 15.4. The summed E-state index contributed by atoms with van der Waals surface area (Å²) in [5.41, 5.74) is 6.42. The summed E-state index contributed by atoms with van der Waals surface area (Å²) < 4.78 is 2.24. The van der Waals surface area contributed by atoms with Gasteiger partial charge in [-0.05, 0) is 50.2 Å². The zero-order chi connectivity index (χ0) is 23.2. The monoisotopic (exact) mass is 458 g/mol. The molecule has 0 aliphatic carbocycles. The molecule has 1 N–H and O–H groups in total. The van der Waals surface area contributed by atoms with Gasteiger partial charge in [0.2, 0.25) is 0 Å². The van der Waals surface area contributed by atoms with Gasteiger partial charge >= 0.3 is 0 Å². The van der Waals surface area contributed by atoms with Crippen molar-refractivity contribution in [3.05, 3.63) is 96.8 Å². The van der Waals surface area contributed by atoms with Gasteiger partial charge in [-0.25, -0.2) is 4.98 Å². The van der Waals surface area contributed by atoms with Gasteiger partial charge in [0.1, 0.15) is 11.5 Å². The Morgan fingerprint density at radius 2 is 1.71 bits per heavy atom. The number of hydrogen-bond acceptors (Lipinski definition) is 4. The number of H-pyrrole nitrogens is 1. The molecular formula is C29H26N6. The quantitative estimate of drug-likeness (QED) is 0.362. The molecule has 0 bridgehead atoms. The Kier molecular flexibility index (Phi) is 4.84. The highest BCUT2D eigenvalue weighted by Gasteiger charge is 2.26. The summed E-state index contributed by atoms with van der Waals surface area (Å²) in [6.45, 7) is 2.98. The van der Waals surface area contributed by atoms with Gasteiger partial charge in [-0.2, -0.15) is 0 Å². The highest BCUT2D eigenvalue weighted by Crippen LogP contribution is 2.33. The third kappa shape index (κ3) is 3.67. The van der Waals surface area contributed by atoms with Crippen molar-refractivity contribution in [1.82, 2.24) is 29.2 Å². The van der Waals surface area contributed by atoms with Gasteiger partial charge in [0.05, 0.1) is 28.6 Å². The molecule has 1 fully saturated rings. The predicted molar refractivity (Wildman–Crippen MR) is 139 cm³/mol. The Morgan fingerprint density at radius 3 is 2.60 bits per heavy atom. The Bertz CT molecular complexity index is 1620. The number of rotatable bonds is 4. The first kappa shape index (κ1) is 20.4. The standard InChI is InChI=1S/C29H26N6/c1-3-7-24-20(5-1)9-10-23(31-24)19-34-14-11-21(12-15-34)29-33-28(27-18-30-13-16-35(27)29)26-17-22-6-2-4-8-25(22)32-26/h1-10,13,16-18,21,32H,11-12,14-15,19H2. The maximum atomic E-state index is 5.18. The molecule has 0 unspecified atom stereocenters. The van der Waals surface area contributed by atoms with E-state index in [4.69, 9.17) is 9.97 Å². The van der Waals surface area contributed by atoms with Crippen molar-refractivity contribution in [1.29, 1.82) is 0 Å². The van der Waals surface area contributed by atoms with E-state index < -0.39 is 0 Å². The van der Waals surface area contributed by atoms with Crippen LogP contribution in [-0.2, 0) is 6.54 Å². The molecule has 0 saturated carbocycles. The van der Waals surface area contributed by atoms with Crippen molar-refractivity contribution in [2.75, 3.05) is 13.1 Å². The number of pyridine rings is 1. The Morgan fingerprint density at radius 1 is 0.886 bits per heavy atom. The summed E-state index contributed by atoms with van der Waals surface area (Å²) in [6, 6.07) is 23.2. The number of benzene rings is 2. The largest absolute Gasteiger partial charge is 0.353 e. The van der Waals surface area contributed by atoms with Crippen molar-refractivity contribution in [3.8, 4) is 11.4 Å². The summed E-state index contributed by atoms with van der Waals surface area (Å²) in [5.74, 6) is 1.56. The first-order valence-corrected chi connectivity index (χ1v) is 12.3. The Balaban J connectivity index is 1.13. The van der Waals surface area contributed by atoms with E-state index in [0.717, 1.165) is 71.9 Å². The molecule has 2 aromatic carbocycles. The fourth-order valence-electron chi connectivity index (χ4n) is 5.42. The van der Waals surface area contributed by atoms with Crippen LogP contribution < -0.4 is 0 Å². The lowest BCUT2D eigenvalue weighted by atomic mass is 9.96. The van der Waals surface area contributed by atoms with Crippen LogP contribution in [-0.4, -0.2) is 42.3 Å². The van der Waals surface area contributed by atoms with Crippen LogP contribution in [0.3, 0.4) is 0 Å². The van der Waals surface area contributed by atoms with E-state index in [1.165, 1.54) is 10.8 Å². The van der Waals surface area contributed by atoms with Crippen molar-refractivity contribution >= 4 is 27.3 Å². The van der Waals surface area contributed by atoms with Crippen LogP contribution in [0.15, 0.2) is 85.3 Å². The van der Waals surface area contributed by atoms with Crippen molar-refractivity contribution in [2.45, 2.75) is 25.3 Å². The Labute approximate surface area is 203 Å². The third-order valence-electron chi connectivity index (χ3n) is 7.25. The number of para-hydroxylation sites is 2. The first-order valence-electron chi connectivity index (χ1n) is 12.3. The van der Waals surface area contributed by atoms with E-state index in [1.807, 2.05) is 12.4 Å². The maximum absolute atomic E-state index is 5.18. The van der Waals surface area contributed by atoms with Crippen molar-refractivity contribution in [3.63, 3.8) is 0 Å². The van der Waals surface area contributed by atoms with E-state index in [-0.39, 0.29) is 0 Å². The molecule has 6 heteroatoms. The molecule has 35 heavy (non-hydrogen) atoms. The molecule has 6 aromatic rings. The molecule has 4 aromatic heterocycles. The number of fused-ring (bicyclic) bond motifs is 3. The van der Waals surface area contributed by atoms with Crippen LogP contribution in [0, 0.1) is 0 Å². The molecule has 5 heterocycles. The number of aromatic amines is 1. The number of nitrogens with one attached hydrogen (secondary N) is 1. The lowest BCUT2D eigenvalue weighted by molar-refractivity contribution is 0.199. The van der Waals surface area contributed by atoms with Gasteiger partial charge in [0.25, 0.3) is 0 Å². The molecule has 172 valence electrons. The lowest BCUT2D eigenvalue weighted by Gasteiger charge is -2.31. The number of hydrogen-bond donors (Lipinski definition) is 1. The number of aromatic nitrogens is 5. The van der Waals surface area contributed by atoms with Gasteiger partial charge in [0.15, 0.2) is 0 Å². The average molecular weight is 459 g/mol. The average Bonchev–Trinajstić information content (AvgIpc) is 3.51. The van der Waals surface area contributed by atoms with E-state index in [2.05, 4.69) is 92.2 Å². The highest BCUT2D eigenvalue weighted by molar-refractivity contribution is 5.88. The fourth-order valence-corrected chi connectivity index (χ4v) is 5.42. The van der Waals surface area contributed by atoms with Crippen LogP contribution in [0.2, 0.25) is 0 Å². The van der Waals surface area contributed by atoms with Gasteiger partial charge < -0.3 is 4.98 Å². The van der Waals surface area contributed by atoms with Crippen LogP contribution in [0.4, 0.5) is 0 Å². The van der Waals surface area contributed by atoms with Crippen LogP contribution in [0.5, 0.6) is 0 Å². The highest BCUT2D eigenvalue weighted by atomic mass is 15.1. The molecule has 6 nitrogen and oxygen atoms in total. The van der Waals surface area contributed by atoms with Crippen LogP contribution >= 0.6 is 0 Å². The minimum atomic E-state index is 0.420. The molecule has 0 spiro atoms. The molecule has 0 radical (unpaired) electrons. The summed E-state index contributed by atoms with van der Waals surface area (Å²) in [6.07, 6.45) is 8.00. The zero-order valence-corrected chi connectivity index (χ0v) is 19.4. The number of imidazole rings is 1. The number of likely N-dealkylation sites (tertiary alicyclic amines) is 1. The zero-order valence-electron chi connectivity index (χ0n) is 19.4. The van der Waals surface area contributed by atoms with E-state index in [9.17, 15) is 0 Å². The predicted octanol–water partition coefficient (Wildman–Crippen LogP) is 5.81. The van der Waals surface area contributed by atoms with E-state index >= 15 is 0 Å². The first-order chi connectivity index (χ1) is 17.3. The molecule has 0 atom stereocenters. The number of nitrogens with zero attached hydrogens (tertiary/aromatic N) is 5. The molecule has 7 rings (SSSR count). The van der Waals surface area contributed by atoms with Crippen molar-refractivity contribution < 1.29 is 0 Å². The SMILES string of the molecule is c1ccc2nc(CN3CCC(c4nc(-c5cc6ccccc6[nH]5)c5cnccn45)CC3)ccc2c1. The maximum Gasteiger partial charge on any atom is 0.117 e. The van der Waals surface area contributed by atoms with Gasteiger partial charge in [-0.1, -0.05) is 42.5 Å². The van der Waals surface area contributed by atoms with Gasteiger partial charge in [0, 0.05) is 41.1 Å². The summed E-state index contributed by atoms with van der Waals surface area (Å²) >= 11 is 0. The molecule has 1 saturated heterocycles. The lowest BCUT2D eigenvalue weighted by Crippen LogP contribution is -2.33. The van der Waals surface area contributed by atoms with Crippen LogP contribution in [0.1, 0.15) is 30.3 Å². The van der Waals surface area contributed by atoms with E-state index in [0.29, 0.717) is 5.92 Å². The molecule has 1 aliphatic rings. The third-order valence-corrected chi connectivity index (χ3v) is 7.25. The topological polar surface area (TPSA) is 62.1 Å². The second-order valence-electron chi connectivity index (χ2n) is 9.47. The van der Waals surface area contributed by atoms with Gasteiger partial charge in [-0.3, -0.25) is 19.3 Å².